The van der Waals surface area contributed by atoms with Crippen molar-refractivity contribution in [2.45, 2.75) is 65.2 Å². The molecule has 0 aromatic rings. The number of amides is 3. The van der Waals surface area contributed by atoms with Crippen LogP contribution in [0.15, 0.2) is 0 Å². The van der Waals surface area contributed by atoms with Gasteiger partial charge in [0.1, 0.15) is 11.6 Å². The molecule has 3 amide bonds. The van der Waals surface area contributed by atoms with Crippen LogP contribution in [0.4, 0.5) is 9.59 Å². The van der Waals surface area contributed by atoms with Crippen molar-refractivity contribution in [1.82, 2.24) is 15.1 Å². The van der Waals surface area contributed by atoms with Gasteiger partial charge in [0.25, 0.3) is 0 Å². The Morgan fingerprint density at radius 1 is 1.11 bits per heavy atom. The molecular formula is C18H33N3O6. The molecule has 0 unspecified atom stereocenters. The first-order chi connectivity index (χ1) is 12.5. The van der Waals surface area contributed by atoms with Crippen molar-refractivity contribution in [2.75, 3.05) is 32.8 Å². The lowest BCUT2D eigenvalue weighted by Gasteiger charge is -2.36. The number of carbonyl (C=O) groups is 3. The molecule has 1 saturated heterocycles. The number of unbranched alkanes of at least 4 members (excludes halogenated alkanes) is 1. The van der Waals surface area contributed by atoms with Crippen molar-refractivity contribution < 1.29 is 29.0 Å². The van der Waals surface area contributed by atoms with Crippen LogP contribution in [0.5, 0.6) is 0 Å². The van der Waals surface area contributed by atoms with E-state index in [2.05, 4.69) is 5.32 Å². The molecule has 2 N–H and O–H groups in total. The lowest BCUT2D eigenvalue weighted by Crippen LogP contribution is -2.58. The number of aliphatic hydroxyl groups excluding tert-OH is 1. The van der Waals surface area contributed by atoms with Gasteiger partial charge in [-0.15, -0.1) is 0 Å². The Morgan fingerprint density at radius 2 is 1.67 bits per heavy atom. The number of piperazine rings is 1. The predicted molar refractivity (Wildman–Crippen MR) is 99.2 cm³/mol. The van der Waals surface area contributed by atoms with Gasteiger partial charge >= 0.3 is 12.2 Å². The Bertz CT molecular complexity index is 510. The quantitative estimate of drug-likeness (QED) is 0.666. The largest absolute Gasteiger partial charge is 0.449 e. The molecule has 0 spiro atoms. The van der Waals surface area contributed by atoms with Crippen LogP contribution in [0.3, 0.4) is 0 Å². The molecule has 1 fully saturated rings. The summed E-state index contributed by atoms with van der Waals surface area (Å²) in [5.74, 6) is -0.408. The van der Waals surface area contributed by atoms with Crippen molar-refractivity contribution in [1.29, 1.82) is 0 Å². The van der Waals surface area contributed by atoms with Gasteiger partial charge < -0.3 is 29.7 Å². The number of hydrogen-bond acceptors (Lipinski definition) is 6. The summed E-state index contributed by atoms with van der Waals surface area (Å²) in [5.41, 5.74) is -0.708. The SMILES string of the molecule is CCCCOC(=O)N1CCN(C(=O)[C@@H](NC(=O)OC(C)(C)C)[C@@H](C)O)CC1. The molecule has 9 nitrogen and oxygen atoms in total. The predicted octanol–water partition coefficient (Wildman–Crippen LogP) is 1.34. The lowest BCUT2D eigenvalue weighted by atomic mass is 10.1. The number of rotatable bonds is 6. The first-order valence-corrected chi connectivity index (χ1v) is 9.43. The van der Waals surface area contributed by atoms with Crippen LogP contribution in [0, 0.1) is 0 Å². The zero-order chi connectivity index (χ0) is 20.6. The van der Waals surface area contributed by atoms with Gasteiger partial charge in [0, 0.05) is 26.2 Å². The molecule has 1 heterocycles. The normalized spacial score (nSPS) is 17.1. The summed E-state index contributed by atoms with van der Waals surface area (Å²) >= 11 is 0. The second-order valence-corrected chi connectivity index (χ2v) is 7.64. The molecule has 1 aliphatic rings. The number of ether oxygens (including phenoxy) is 2. The van der Waals surface area contributed by atoms with E-state index in [-0.39, 0.29) is 6.09 Å². The zero-order valence-corrected chi connectivity index (χ0v) is 17.0. The molecule has 0 saturated carbocycles. The van der Waals surface area contributed by atoms with Crippen LogP contribution in [0.25, 0.3) is 0 Å². The Balaban J connectivity index is 2.56. The fraction of sp³-hybridized carbons (Fsp3) is 0.833. The van der Waals surface area contributed by atoms with Crippen molar-refractivity contribution in [2.24, 2.45) is 0 Å². The third-order valence-corrected chi connectivity index (χ3v) is 3.99. The lowest BCUT2D eigenvalue weighted by molar-refractivity contribution is -0.137. The Morgan fingerprint density at radius 3 is 2.15 bits per heavy atom. The summed E-state index contributed by atoms with van der Waals surface area (Å²) < 4.78 is 10.3. The maximum Gasteiger partial charge on any atom is 0.409 e. The van der Waals surface area contributed by atoms with Crippen LogP contribution >= 0.6 is 0 Å². The van der Waals surface area contributed by atoms with Gasteiger partial charge in [0.2, 0.25) is 5.91 Å². The zero-order valence-electron chi connectivity index (χ0n) is 17.0. The van der Waals surface area contributed by atoms with E-state index in [1.165, 1.54) is 11.8 Å². The number of carbonyl (C=O) groups excluding carboxylic acids is 3. The smallest absolute Gasteiger partial charge is 0.409 e. The van der Waals surface area contributed by atoms with Gasteiger partial charge in [-0.2, -0.15) is 0 Å². The van der Waals surface area contributed by atoms with Crippen LogP contribution in [0.1, 0.15) is 47.5 Å². The topological polar surface area (TPSA) is 108 Å². The molecule has 2 atom stereocenters. The second kappa shape index (κ2) is 10.3. The Hall–Kier alpha value is -2.03. The monoisotopic (exact) mass is 387 g/mol. The van der Waals surface area contributed by atoms with Crippen LogP contribution in [-0.4, -0.2) is 83.5 Å². The van der Waals surface area contributed by atoms with Crippen LogP contribution in [-0.2, 0) is 14.3 Å². The highest BCUT2D eigenvalue weighted by molar-refractivity contribution is 5.86. The highest BCUT2D eigenvalue weighted by Gasteiger charge is 2.33. The minimum absolute atomic E-state index is 0.306. The summed E-state index contributed by atoms with van der Waals surface area (Å²) in [4.78, 5) is 39.7. The molecule has 0 aromatic heterocycles. The van der Waals surface area contributed by atoms with E-state index in [0.717, 1.165) is 12.8 Å². The summed E-state index contributed by atoms with van der Waals surface area (Å²) in [6.07, 6.45) is -0.464. The van der Waals surface area contributed by atoms with Crippen LogP contribution < -0.4 is 5.32 Å². The van der Waals surface area contributed by atoms with Gasteiger partial charge in [-0.25, -0.2) is 9.59 Å². The second-order valence-electron chi connectivity index (χ2n) is 7.64. The van der Waals surface area contributed by atoms with E-state index in [1.54, 1.807) is 25.7 Å². The molecule has 0 aliphatic carbocycles. The van der Waals surface area contributed by atoms with E-state index in [4.69, 9.17) is 9.47 Å². The third kappa shape index (κ3) is 8.03. The highest BCUT2D eigenvalue weighted by Crippen LogP contribution is 2.10. The third-order valence-electron chi connectivity index (χ3n) is 3.99. The molecule has 1 rings (SSSR count). The molecule has 0 radical (unpaired) electrons. The van der Waals surface area contributed by atoms with Gasteiger partial charge in [0.05, 0.1) is 12.7 Å². The van der Waals surface area contributed by atoms with E-state index >= 15 is 0 Å². The Kier molecular flexibility index (Phi) is 8.81. The minimum Gasteiger partial charge on any atom is -0.449 e. The number of hydrogen-bond donors (Lipinski definition) is 2. The molecule has 0 bridgehead atoms. The minimum atomic E-state index is -1.11. The summed E-state index contributed by atoms with van der Waals surface area (Å²) in [6.45, 7) is 10.3. The number of nitrogens with one attached hydrogen (secondary N) is 1. The Labute approximate surface area is 161 Å². The van der Waals surface area contributed by atoms with E-state index in [0.29, 0.717) is 32.8 Å². The van der Waals surface area contributed by atoms with Crippen molar-refractivity contribution >= 4 is 18.1 Å². The fourth-order valence-electron chi connectivity index (χ4n) is 2.52. The van der Waals surface area contributed by atoms with E-state index in [9.17, 15) is 19.5 Å². The molecule has 27 heavy (non-hydrogen) atoms. The number of alkyl carbamates (subject to hydrolysis) is 1. The summed E-state index contributed by atoms with van der Waals surface area (Å²) in [7, 11) is 0. The summed E-state index contributed by atoms with van der Waals surface area (Å²) in [6, 6.07) is -1.11. The standard InChI is InChI=1S/C18H33N3O6/c1-6-7-12-26-17(25)21-10-8-20(9-11-21)15(23)14(13(2)22)19-16(24)27-18(3,4)5/h13-14,22H,6-12H2,1-5H3,(H,19,24)/t13-,14+/m1/s1. The average molecular weight is 387 g/mol. The first kappa shape index (κ1) is 23.0. The van der Waals surface area contributed by atoms with Crippen LogP contribution in [0.2, 0.25) is 0 Å². The van der Waals surface area contributed by atoms with Crippen molar-refractivity contribution in [3.05, 3.63) is 0 Å². The van der Waals surface area contributed by atoms with Gasteiger partial charge in [-0.1, -0.05) is 13.3 Å². The van der Waals surface area contributed by atoms with Crippen molar-refractivity contribution in [3.8, 4) is 0 Å². The van der Waals surface area contributed by atoms with Gasteiger partial charge in [-0.05, 0) is 34.1 Å². The molecule has 9 heteroatoms. The molecule has 1 aliphatic heterocycles. The summed E-state index contributed by atoms with van der Waals surface area (Å²) in [5, 5.41) is 12.3. The van der Waals surface area contributed by atoms with Crippen molar-refractivity contribution in [3.63, 3.8) is 0 Å². The average Bonchev–Trinajstić information content (AvgIpc) is 2.57. The highest BCUT2D eigenvalue weighted by atomic mass is 16.6. The number of nitrogens with zero attached hydrogens (tertiary/aromatic N) is 2. The molecule has 0 aromatic carbocycles. The number of aliphatic hydroxyl groups is 1. The fourth-order valence-corrected chi connectivity index (χ4v) is 2.52. The van der Waals surface area contributed by atoms with E-state index in [1.807, 2.05) is 6.92 Å². The molecular weight excluding hydrogens is 354 g/mol. The first-order valence-electron chi connectivity index (χ1n) is 9.43. The van der Waals surface area contributed by atoms with Gasteiger partial charge in [0.15, 0.2) is 0 Å². The van der Waals surface area contributed by atoms with Gasteiger partial charge in [-0.3, -0.25) is 4.79 Å². The van der Waals surface area contributed by atoms with E-state index < -0.39 is 29.7 Å². The maximum atomic E-state index is 12.7. The molecule has 156 valence electrons. The maximum absolute atomic E-state index is 12.7.